The van der Waals surface area contributed by atoms with E-state index in [1.54, 1.807) is 0 Å². The quantitative estimate of drug-likeness (QED) is 0.482. The van der Waals surface area contributed by atoms with Gasteiger partial charge in [-0.3, -0.25) is 0 Å². The molecular formula is C17H36GeO. The van der Waals surface area contributed by atoms with E-state index < -0.39 is 18.9 Å². The molecule has 0 fully saturated rings. The van der Waals surface area contributed by atoms with Crippen LogP contribution in [-0.2, 0) is 0 Å². The third kappa shape index (κ3) is 9.73. The zero-order valence-electron chi connectivity index (χ0n) is 14.0. The summed E-state index contributed by atoms with van der Waals surface area (Å²) >= 11 is -1.88. The first-order valence-corrected chi connectivity index (χ1v) is 14.0. The monoisotopic (exact) mass is 330 g/mol. The SMILES string of the molecule is CCC[CH2][Ge](/[CH]=C/C(C)(C)O)([CH2]CCC)[CH2]CCC. The van der Waals surface area contributed by atoms with Gasteiger partial charge in [0.1, 0.15) is 0 Å². The Balaban J connectivity index is 4.91. The van der Waals surface area contributed by atoms with Crippen molar-refractivity contribution in [2.75, 3.05) is 0 Å². The molecule has 0 saturated heterocycles. The van der Waals surface area contributed by atoms with Crippen molar-refractivity contribution in [3.05, 3.63) is 11.0 Å². The number of rotatable bonds is 11. The summed E-state index contributed by atoms with van der Waals surface area (Å²) in [6, 6.07) is 0. The summed E-state index contributed by atoms with van der Waals surface area (Å²) in [5.41, 5.74) is -0.638. The van der Waals surface area contributed by atoms with Gasteiger partial charge in [-0.15, -0.1) is 0 Å². The van der Waals surface area contributed by atoms with Gasteiger partial charge < -0.3 is 0 Å². The molecule has 19 heavy (non-hydrogen) atoms. The first kappa shape index (κ1) is 19.2. The number of unbranched alkanes of at least 4 members (excludes halogenated alkanes) is 3. The fraction of sp³-hybridized carbons (Fsp3) is 0.882. The minimum absolute atomic E-state index is 0.638. The molecule has 114 valence electrons. The molecule has 0 atom stereocenters. The van der Waals surface area contributed by atoms with Crippen molar-refractivity contribution in [1.29, 1.82) is 0 Å². The number of hydrogen-bond acceptors (Lipinski definition) is 1. The Kier molecular flexibility index (Phi) is 10.2. The Hall–Kier alpha value is 0.243. The topological polar surface area (TPSA) is 20.2 Å². The van der Waals surface area contributed by atoms with Crippen LogP contribution < -0.4 is 0 Å². The van der Waals surface area contributed by atoms with Crippen molar-refractivity contribution < 1.29 is 5.11 Å². The molecule has 0 aliphatic rings. The minimum atomic E-state index is -1.88. The molecule has 0 amide bonds. The van der Waals surface area contributed by atoms with Gasteiger partial charge in [0.2, 0.25) is 0 Å². The Morgan fingerprint density at radius 3 is 1.47 bits per heavy atom. The van der Waals surface area contributed by atoms with Crippen molar-refractivity contribution in [3.63, 3.8) is 0 Å². The van der Waals surface area contributed by atoms with Crippen molar-refractivity contribution in [3.8, 4) is 0 Å². The van der Waals surface area contributed by atoms with Crippen LogP contribution in [-0.4, -0.2) is 24.0 Å². The molecule has 0 heterocycles. The molecule has 0 spiro atoms. The van der Waals surface area contributed by atoms with Crippen molar-refractivity contribution >= 4 is 13.3 Å². The van der Waals surface area contributed by atoms with Gasteiger partial charge >= 0.3 is 124 Å². The summed E-state index contributed by atoms with van der Waals surface area (Å²) in [6.07, 6.45) is 10.2. The Morgan fingerprint density at radius 2 is 1.21 bits per heavy atom. The number of hydrogen-bond donors (Lipinski definition) is 1. The summed E-state index contributed by atoms with van der Waals surface area (Å²) in [4.78, 5) is 2.53. The van der Waals surface area contributed by atoms with E-state index >= 15 is 0 Å². The van der Waals surface area contributed by atoms with Crippen LogP contribution in [0, 0.1) is 0 Å². The van der Waals surface area contributed by atoms with E-state index in [1.807, 2.05) is 13.8 Å². The molecular weight excluding hydrogens is 293 g/mol. The molecule has 0 aliphatic carbocycles. The van der Waals surface area contributed by atoms with Crippen LogP contribution in [0.3, 0.4) is 0 Å². The van der Waals surface area contributed by atoms with Gasteiger partial charge in [0, 0.05) is 0 Å². The summed E-state index contributed by atoms with van der Waals surface area (Å²) in [7, 11) is 0. The third-order valence-corrected chi connectivity index (χ3v) is 14.3. The van der Waals surface area contributed by atoms with Gasteiger partial charge in [0.15, 0.2) is 0 Å². The summed E-state index contributed by atoms with van der Waals surface area (Å²) in [5.74, 6) is 0. The summed E-state index contributed by atoms with van der Waals surface area (Å²) < 4.78 is 0. The zero-order valence-corrected chi connectivity index (χ0v) is 16.1. The normalized spacial score (nSPS) is 13.4. The third-order valence-electron chi connectivity index (χ3n) is 3.93. The van der Waals surface area contributed by atoms with E-state index in [1.165, 1.54) is 54.3 Å². The van der Waals surface area contributed by atoms with Crippen LogP contribution in [0.2, 0.25) is 15.8 Å². The van der Waals surface area contributed by atoms with E-state index in [0.717, 1.165) is 0 Å². The second kappa shape index (κ2) is 10.0. The van der Waals surface area contributed by atoms with Crippen molar-refractivity contribution in [2.45, 2.75) is 94.5 Å². The molecule has 0 aromatic heterocycles. The van der Waals surface area contributed by atoms with Crippen LogP contribution in [0.1, 0.15) is 73.1 Å². The molecule has 0 unspecified atom stereocenters. The fourth-order valence-corrected chi connectivity index (χ4v) is 13.5. The van der Waals surface area contributed by atoms with Crippen LogP contribution in [0.5, 0.6) is 0 Å². The van der Waals surface area contributed by atoms with E-state index in [9.17, 15) is 5.11 Å². The summed E-state index contributed by atoms with van der Waals surface area (Å²) in [6.45, 7) is 10.7. The predicted octanol–water partition coefficient (Wildman–Crippen LogP) is 5.70. The van der Waals surface area contributed by atoms with E-state index in [4.69, 9.17) is 0 Å². The first-order chi connectivity index (χ1) is 8.89. The molecule has 0 radical (unpaired) electrons. The zero-order chi connectivity index (χ0) is 14.8. The van der Waals surface area contributed by atoms with E-state index in [0.29, 0.717) is 0 Å². The maximum absolute atomic E-state index is 10.0. The molecule has 0 aromatic carbocycles. The molecule has 0 aliphatic heterocycles. The second-order valence-electron chi connectivity index (χ2n) is 6.66. The molecule has 1 nitrogen and oxygen atoms in total. The van der Waals surface area contributed by atoms with Gasteiger partial charge in [-0.25, -0.2) is 0 Å². The van der Waals surface area contributed by atoms with Crippen molar-refractivity contribution in [2.24, 2.45) is 0 Å². The van der Waals surface area contributed by atoms with E-state index in [-0.39, 0.29) is 0 Å². The molecule has 2 heteroatoms. The van der Waals surface area contributed by atoms with Gasteiger partial charge in [0.25, 0.3) is 0 Å². The van der Waals surface area contributed by atoms with Crippen LogP contribution >= 0.6 is 0 Å². The Bertz CT molecular complexity index is 218. The average Bonchev–Trinajstić information content (AvgIpc) is 2.36. The first-order valence-electron chi connectivity index (χ1n) is 8.32. The van der Waals surface area contributed by atoms with Crippen molar-refractivity contribution in [1.82, 2.24) is 0 Å². The number of aliphatic hydroxyl groups is 1. The molecule has 0 saturated carbocycles. The molecule has 0 bridgehead atoms. The molecule has 0 rings (SSSR count). The van der Waals surface area contributed by atoms with Crippen LogP contribution in [0.25, 0.3) is 0 Å². The standard InChI is InChI=1S/C17H36GeO/c1-6-9-13-18(14-10-7-2,15-11-8-3)16-12-17(4,5)19/h12,16,19H,6-11,13-15H2,1-5H3/b16-12+. The van der Waals surface area contributed by atoms with Crippen LogP contribution in [0.15, 0.2) is 11.0 Å². The molecule has 1 N–H and O–H groups in total. The summed E-state index contributed by atoms with van der Waals surface area (Å²) in [5, 5.41) is 14.4. The van der Waals surface area contributed by atoms with Crippen LogP contribution in [0.4, 0.5) is 0 Å². The Labute approximate surface area is 124 Å². The second-order valence-corrected chi connectivity index (χ2v) is 16.2. The van der Waals surface area contributed by atoms with E-state index in [2.05, 4.69) is 31.8 Å². The predicted molar refractivity (Wildman–Crippen MR) is 90.3 cm³/mol. The van der Waals surface area contributed by atoms with Gasteiger partial charge in [-0.05, 0) is 0 Å². The fourth-order valence-electron chi connectivity index (χ4n) is 2.59. The van der Waals surface area contributed by atoms with Gasteiger partial charge in [0.05, 0.1) is 0 Å². The van der Waals surface area contributed by atoms with Gasteiger partial charge in [-0.1, -0.05) is 0 Å². The molecule has 0 aromatic rings. The maximum atomic E-state index is 10.0. The average molecular weight is 329 g/mol. The van der Waals surface area contributed by atoms with Gasteiger partial charge in [-0.2, -0.15) is 0 Å². The Morgan fingerprint density at radius 1 is 0.842 bits per heavy atom.